The monoisotopic (exact) mass is 262 g/mol. The van der Waals surface area contributed by atoms with Gasteiger partial charge in [0.25, 0.3) is 5.91 Å². The highest BCUT2D eigenvalue weighted by Crippen LogP contribution is 2.21. The fourth-order valence-corrected chi connectivity index (χ4v) is 1.69. The molecule has 1 aromatic carbocycles. The number of phenolic OH excluding ortho intramolecular Hbond substituents is 1. The Morgan fingerprint density at radius 1 is 1.39 bits per heavy atom. The molecule has 92 valence electrons. The van der Waals surface area contributed by atoms with Gasteiger partial charge in [-0.2, -0.15) is 0 Å². The summed E-state index contributed by atoms with van der Waals surface area (Å²) >= 11 is 5.83. The number of nitrogens with zero attached hydrogens (tertiary/aromatic N) is 1. The highest BCUT2D eigenvalue weighted by molar-refractivity contribution is 6.33. The van der Waals surface area contributed by atoms with E-state index >= 15 is 0 Å². The molecule has 1 aromatic heterocycles. The van der Waals surface area contributed by atoms with E-state index in [4.69, 9.17) is 11.6 Å². The van der Waals surface area contributed by atoms with Crippen LogP contribution in [-0.2, 0) is 0 Å². The minimum atomic E-state index is -0.335. The molecule has 0 radical (unpaired) electrons. The SMILES string of the molecule is Cc1cc(NC(=O)c2cccnc2Cl)ccc1O. The Hall–Kier alpha value is -2.07. The van der Waals surface area contributed by atoms with E-state index in [1.807, 2.05) is 0 Å². The maximum atomic E-state index is 11.9. The number of carbonyl (C=O) groups is 1. The Balaban J connectivity index is 2.22. The molecule has 0 saturated heterocycles. The maximum absolute atomic E-state index is 11.9. The van der Waals surface area contributed by atoms with Gasteiger partial charge in [0.05, 0.1) is 5.56 Å². The van der Waals surface area contributed by atoms with E-state index in [2.05, 4.69) is 10.3 Å². The number of hydrogen-bond acceptors (Lipinski definition) is 3. The molecule has 0 aliphatic rings. The van der Waals surface area contributed by atoms with Crippen LogP contribution in [0.4, 0.5) is 5.69 Å². The number of phenols is 1. The molecule has 1 heterocycles. The van der Waals surface area contributed by atoms with Gasteiger partial charge in [-0.05, 0) is 42.8 Å². The molecule has 1 amide bonds. The minimum absolute atomic E-state index is 0.158. The lowest BCUT2D eigenvalue weighted by atomic mass is 10.2. The summed E-state index contributed by atoms with van der Waals surface area (Å²) in [4.78, 5) is 15.8. The standard InChI is InChI=1S/C13H11ClN2O2/c1-8-7-9(4-5-11(8)17)16-13(18)10-3-2-6-15-12(10)14/h2-7,17H,1H3,(H,16,18). The molecule has 2 rings (SSSR count). The van der Waals surface area contributed by atoms with E-state index in [1.165, 1.54) is 12.3 Å². The third-order valence-corrected chi connectivity index (χ3v) is 2.76. The van der Waals surface area contributed by atoms with Gasteiger partial charge in [0.15, 0.2) is 0 Å². The van der Waals surface area contributed by atoms with Crippen molar-refractivity contribution in [3.63, 3.8) is 0 Å². The van der Waals surface area contributed by atoms with Crippen LogP contribution < -0.4 is 5.32 Å². The zero-order chi connectivity index (χ0) is 13.1. The Morgan fingerprint density at radius 3 is 2.83 bits per heavy atom. The summed E-state index contributed by atoms with van der Waals surface area (Å²) in [5, 5.41) is 12.2. The second-order valence-electron chi connectivity index (χ2n) is 3.80. The molecule has 0 saturated carbocycles. The molecule has 0 aliphatic heterocycles. The zero-order valence-corrected chi connectivity index (χ0v) is 10.4. The number of hydrogen-bond donors (Lipinski definition) is 2. The fourth-order valence-electron chi connectivity index (χ4n) is 1.49. The van der Waals surface area contributed by atoms with Crippen LogP contribution in [0.15, 0.2) is 36.5 Å². The van der Waals surface area contributed by atoms with Crippen LogP contribution in [0.25, 0.3) is 0 Å². The Kier molecular flexibility index (Phi) is 3.48. The molecule has 0 fully saturated rings. The number of rotatable bonds is 2. The first kappa shape index (κ1) is 12.4. The van der Waals surface area contributed by atoms with Gasteiger partial charge in [0, 0.05) is 11.9 Å². The first-order valence-corrected chi connectivity index (χ1v) is 5.67. The summed E-state index contributed by atoms with van der Waals surface area (Å²) < 4.78 is 0. The quantitative estimate of drug-likeness (QED) is 0.646. The molecular weight excluding hydrogens is 252 g/mol. The van der Waals surface area contributed by atoms with Crippen molar-refractivity contribution in [2.75, 3.05) is 5.32 Å². The average Bonchev–Trinajstić information content (AvgIpc) is 2.34. The van der Waals surface area contributed by atoms with E-state index in [-0.39, 0.29) is 16.8 Å². The van der Waals surface area contributed by atoms with Gasteiger partial charge in [-0.25, -0.2) is 4.98 Å². The van der Waals surface area contributed by atoms with Crippen molar-refractivity contribution in [1.82, 2.24) is 4.98 Å². The van der Waals surface area contributed by atoms with Crippen LogP contribution in [0, 0.1) is 6.92 Å². The van der Waals surface area contributed by atoms with Crippen LogP contribution in [0.1, 0.15) is 15.9 Å². The van der Waals surface area contributed by atoms with Gasteiger partial charge in [-0.15, -0.1) is 0 Å². The molecule has 0 spiro atoms. The summed E-state index contributed by atoms with van der Waals surface area (Å²) in [6.45, 7) is 1.75. The number of anilines is 1. The first-order valence-electron chi connectivity index (χ1n) is 5.29. The Bertz CT molecular complexity index is 599. The molecule has 5 heteroatoms. The molecule has 2 aromatic rings. The number of benzene rings is 1. The lowest BCUT2D eigenvalue weighted by Gasteiger charge is -2.07. The topological polar surface area (TPSA) is 62.2 Å². The number of nitrogens with one attached hydrogen (secondary N) is 1. The maximum Gasteiger partial charge on any atom is 0.258 e. The molecule has 0 aliphatic carbocycles. The molecule has 18 heavy (non-hydrogen) atoms. The lowest BCUT2D eigenvalue weighted by molar-refractivity contribution is 0.102. The van der Waals surface area contributed by atoms with E-state index in [9.17, 15) is 9.90 Å². The molecular formula is C13H11ClN2O2. The van der Waals surface area contributed by atoms with E-state index in [0.29, 0.717) is 16.8 Å². The second-order valence-corrected chi connectivity index (χ2v) is 4.16. The minimum Gasteiger partial charge on any atom is -0.508 e. The Morgan fingerprint density at radius 2 is 2.17 bits per heavy atom. The van der Waals surface area contributed by atoms with Crippen LogP contribution in [0.2, 0.25) is 5.15 Å². The van der Waals surface area contributed by atoms with Crippen LogP contribution in [0.5, 0.6) is 5.75 Å². The predicted molar refractivity (Wildman–Crippen MR) is 70.0 cm³/mol. The van der Waals surface area contributed by atoms with Crippen molar-refractivity contribution in [2.45, 2.75) is 6.92 Å². The van der Waals surface area contributed by atoms with Crippen molar-refractivity contribution in [2.24, 2.45) is 0 Å². The molecule has 0 bridgehead atoms. The highest BCUT2D eigenvalue weighted by Gasteiger charge is 2.11. The number of aromatic hydroxyl groups is 1. The largest absolute Gasteiger partial charge is 0.508 e. The molecule has 4 nitrogen and oxygen atoms in total. The van der Waals surface area contributed by atoms with Crippen molar-refractivity contribution in [3.05, 3.63) is 52.8 Å². The number of aryl methyl sites for hydroxylation is 1. The fraction of sp³-hybridized carbons (Fsp3) is 0.0769. The summed E-state index contributed by atoms with van der Waals surface area (Å²) in [5.41, 5.74) is 1.59. The van der Waals surface area contributed by atoms with E-state index in [0.717, 1.165) is 0 Å². The number of amides is 1. The highest BCUT2D eigenvalue weighted by atomic mass is 35.5. The Labute approximate surface area is 109 Å². The van der Waals surface area contributed by atoms with Crippen LogP contribution >= 0.6 is 11.6 Å². The van der Waals surface area contributed by atoms with E-state index in [1.54, 1.807) is 31.2 Å². The van der Waals surface area contributed by atoms with Gasteiger partial charge in [0.1, 0.15) is 10.9 Å². The predicted octanol–water partition coefficient (Wildman–Crippen LogP) is 3.00. The van der Waals surface area contributed by atoms with Gasteiger partial charge in [0.2, 0.25) is 0 Å². The second kappa shape index (κ2) is 5.06. The summed E-state index contributed by atoms with van der Waals surface area (Å²) in [6, 6.07) is 8.05. The van der Waals surface area contributed by atoms with Crippen LogP contribution in [-0.4, -0.2) is 16.0 Å². The lowest BCUT2D eigenvalue weighted by Crippen LogP contribution is -2.12. The molecule has 2 N–H and O–H groups in total. The zero-order valence-electron chi connectivity index (χ0n) is 9.64. The average molecular weight is 263 g/mol. The third-order valence-electron chi connectivity index (χ3n) is 2.46. The van der Waals surface area contributed by atoms with Gasteiger partial charge >= 0.3 is 0 Å². The smallest absolute Gasteiger partial charge is 0.258 e. The summed E-state index contributed by atoms with van der Waals surface area (Å²) in [6.07, 6.45) is 1.52. The number of carbonyl (C=O) groups excluding carboxylic acids is 1. The van der Waals surface area contributed by atoms with Crippen molar-refractivity contribution in [3.8, 4) is 5.75 Å². The van der Waals surface area contributed by atoms with Gasteiger partial charge < -0.3 is 10.4 Å². The number of pyridine rings is 1. The van der Waals surface area contributed by atoms with Crippen LogP contribution in [0.3, 0.4) is 0 Å². The summed E-state index contributed by atoms with van der Waals surface area (Å²) in [5.74, 6) is -0.148. The third kappa shape index (κ3) is 2.60. The molecule has 0 atom stereocenters. The van der Waals surface area contributed by atoms with Crippen molar-refractivity contribution < 1.29 is 9.90 Å². The van der Waals surface area contributed by atoms with Gasteiger partial charge in [-0.1, -0.05) is 11.6 Å². The first-order chi connectivity index (χ1) is 8.58. The summed E-state index contributed by atoms with van der Waals surface area (Å²) in [7, 11) is 0. The molecule has 0 unspecified atom stereocenters. The van der Waals surface area contributed by atoms with E-state index < -0.39 is 0 Å². The number of halogens is 1. The van der Waals surface area contributed by atoms with Gasteiger partial charge in [-0.3, -0.25) is 4.79 Å². The number of aromatic nitrogens is 1. The van der Waals surface area contributed by atoms with Crippen molar-refractivity contribution >= 4 is 23.2 Å². The normalized spacial score (nSPS) is 10.1. The van der Waals surface area contributed by atoms with Crippen molar-refractivity contribution in [1.29, 1.82) is 0 Å².